The lowest BCUT2D eigenvalue weighted by molar-refractivity contribution is -0.444. The van der Waals surface area contributed by atoms with Crippen molar-refractivity contribution in [1.82, 2.24) is 0 Å². The molecule has 0 radical (unpaired) electrons. The molecule has 0 spiro atoms. The highest BCUT2D eigenvalue weighted by molar-refractivity contribution is 7.86. The van der Waals surface area contributed by atoms with Crippen LogP contribution in [-0.4, -0.2) is 20.1 Å². The molecule has 3 N–H and O–H groups in total. The third-order valence-electron chi connectivity index (χ3n) is 1.66. The largest absolute Gasteiger partial charge is 0.497 e. The predicted octanol–water partition coefficient (Wildman–Crippen LogP) is -0.629. The summed E-state index contributed by atoms with van der Waals surface area (Å²) >= 11 is 0. The standard InChI is InChI=1S/C7H9N3O4S/c1-14-5-2-3-6(9-10-8)7(4-5)15(11,12)13/h2-4,10H,1H3,(H2-,8,9,11,12,13). The number of nitrogens with one attached hydrogen (secondary N) is 2. The third-order valence-corrected chi connectivity index (χ3v) is 2.55. The van der Waals surface area contributed by atoms with Crippen LogP contribution in [0.4, 0.5) is 5.69 Å². The summed E-state index contributed by atoms with van der Waals surface area (Å²) in [4.78, 5) is -0.400. The fourth-order valence-corrected chi connectivity index (χ4v) is 1.67. The Morgan fingerprint density at radius 1 is 1.53 bits per heavy atom. The molecule has 1 aromatic carbocycles. The molecule has 0 bridgehead atoms. The average Bonchev–Trinajstić information content (AvgIpc) is 2.17. The zero-order chi connectivity index (χ0) is 11.5. The summed E-state index contributed by atoms with van der Waals surface area (Å²) in [6.45, 7) is 0. The van der Waals surface area contributed by atoms with Gasteiger partial charge in [-0.05, 0) is 12.1 Å². The first-order valence-corrected chi connectivity index (χ1v) is 5.23. The van der Waals surface area contributed by atoms with Gasteiger partial charge >= 0.3 is 0 Å². The maximum Gasteiger partial charge on any atom is 0.295 e. The molecule has 0 aliphatic carbocycles. The first kappa shape index (κ1) is 11.4. The van der Waals surface area contributed by atoms with E-state index < -0.39 is 15.0 Å². The van der Waals surface area contributed by atoms with Crippen LogP contribution in [0.25, 0.3) is 5.53 Å². The van der Waals surface area contributed by atoms with Crippen molar-refractivity contribution in [2.45, 2.75) is 4.90 Å². The highest BCUT2D eigenvalue weighted by Crippen LogP contribution is 2.24. The number of rotatable bonds is 4. The number of benzene rings is 1. The Morgan fingerprint density at radius 3 is 2.67 bits per heavy atom. The number of hydrogen-bond donors (Lipinski definition) is 3. The Kier molecular flexibility index (Phi) is 3.22. The molecule has 0 aliphatic heterocycles. The molecule has 7 nitrogen and oxygen atoms in total. The third kappa shape index (κ3) is 2.64. The lowest BCUT2D eigenvalue weighted by Gasteiger charge is -2.08. The Bertz CT molecular complexity index is 471. The molecular weight excluding hydrogens is 222 g/mol. The van der Waals surface area contributed by atoms with E-state index in [1.54, 1.807) is 5.22 Å². The van der Waals surface area contributed by atoms with Gasteiger partial charge in [-0.3, -0.25) is 9.98 Å². The van der Waals surface area contributed by atoms with Crippen LogP contribution in [0.5, 0.6) is 5.75 Å². The summed E-state index contributed by atoms with van der Waals surface area (Å²) < 4.78 is 35.6. The number of anilines is 1. The summed E-state index contributed by atoms with van der Waals surface area (Å²) in [5.41, 5.74) is 10.5. The van der Waals surface area contributed by atoms with Gasteiger partial charge < -0.3 is 4.74 Å². The van der Waals surface area contributed by atoms with E-state index in [1.807, 2.05) is 0 Å². The topological polar surface area (TPSA) is 112 Å². The zero-order valence-electron chi connectivity index (χ0n) is 7.76. The highest BCUT2D eigenvalue weighted by atomic mass is 32.2. The van der Waals surface area contributed by atoms with Crippen LogP contribution < -0.4 is 15.4 Å². The Labute approximate surface area is 86.3 Å². The molecule has 0 heterocycles. The molecule has 8 heteroatoms. The minimum atomic E-state index is -4.38. The number of hydrazine groups is 1. The second kappa shape index (κ2) is 4.24. The van der Waals surface area contributed by atoms with Gasteiger partial charge in [0, 0.05) is 11.8 Å². The van der Waals surface area contributed by atoms with Gasteiger partial charge in [0.25, 0.3) is 10.1 Å². The van der Waals surface area contributed by atoms with Crippen molar-refractivity contribution in [2.24, 2.45) is 0 Å². The van der Waals surface area contributed by atoms with Crippen LogP contribution in [0, 0.1) is 0 Å². The predicted molar refractivity (Wildman–Crippen MR) is 50.8 cm³/mol. The van der Waals surface area contributed by atoms with Gasteiger partial charge in [-0.1, -0.05) is 0 Å². The molecule has 15 heavy (non-hydrogen) atoms. The van der Waals surface area contributed by atoms with E-state index in [2.05, 4.69) is 5.43 Å². The molecule has 0 aromatic heterocycles. The van der Waals surface area contributed by atoms with Crippen molar-refractivity contribution in [2.75, 3.05) is 12.5 Å². The summed E-state index contributed by atoms with van der Waals surface area (Å²) in [5.74, 6) is 0.270. The van der Waals surface area contributed by atoms with Crippen LogP contribution in [0.2, 0.25) is 0 Å². The van der Waals surface area contributed by atoms with Crippen molar-refractivity contribution < 1.29 is 22.9 Å². The lowest BCUT2D eigenvalue weighted by Crippen LogP contribution is -2.68. The maximum absolute atomic E-state index is 10.9. The van der Waals surface area contributed by atoms with Crippen LogP contribution in [0.1, 0.15) is 0 Å². The summed E-state index contributed by atoms with van der Waals surface area (Å²) in [5, 5.41) is 1.57. The normalized spacial score (nSPS) is 10.8. The Balaban J connectivity index is 3.35. The monoisotopic (exact) mass is 231 g/mol. The molecular formula is C7H9N3O4S. The van der Waals surface area contributed by atoms with Crippen LogP contribution in [0.15, 0.2) is 23.1 Å². The minimum absolute atomic E-state index is 0.000741. The van der Waals surface area contributed by atoms with Crippen molar-refractivity contribution in [3.63, 3.8) is 0 Å². The quantitative estimate of drug-likeness (QED) is 0.363. The van der Waals surface area contributed by atoms with Gasteiger partial charge in [-0.2, -0.15) is 19.2 Å². The summed E-state index contributed by atoms with van der Waals surface area (Å²) in [7, 11) is -3.02. The first-order chi connectivity index (χ1) is 6.99. The number of nitrogens with zero attached hydrogens (tertiary/aromatic N) is 1. The van der Waals surface area contributed by atoms with Gasteiger partial charge in [0.15, 0.2) is 0 Å². The van der Waals surface area contributed by atoms with Gasteiger partial charge in [0.1, 0.15) is 10.6 Å². The summed E-state index contributed by atoms with van der Waals surface area (Å²) in [6.07, 6.45) is 0. The number of hydrogen-bond acceptors (Lipinski definition) is 3. The van der Waals surface area contributed by atoms with E-state index >= 15 is 0 Å². The van der Waals surface area contributed by atoms with E-state index in [0.29, 0.717) is 0 Å². The number of ether oxygens (including phenoxy) is 1. The Hall–Kier alpha value is -1.67. The molecule has 1 aromatic rings. The van der Waals surface area contributed by atoms with E-state index in [1.165, 1.54) is 19.2 Å². The SMILES string of the molecule is COc1ccc(N[NH+]=[N-])c(S(=O)(=O)O)c1. The molecule has 1 rings (SSSR count). The highest BCUT2D eigenvalue weighted by Gasteiger charge is 2.15. The smallest absolute Gasteiger partial charge is 0.295 e. The first-order valence-electron chi connectivity index (χ1n) is 3.79. The molecule has 0 amide bonds. The molecule has 0 saturated heterocycles. The van der Waals surface area contributed by atoms with Crippen molar-refractivity contribution in [3.8, 4) is 5.75 Å². The van der Waals surface area contributed by atoms with Gasteiger partial charge in [-0.15, -0.1) is 0 Å². The van der Waals surface area contributed by atoms with Crippen LogP contribution in [0.3, 0.4) is 0 Å². The average molecular weight is 231 g/mol. The molecule has 0 fully saturated rings. The second-order valence-corrected chi connectivity index (χ2v) is 3.96. The minimum Gasteiger partial charge on any atom is -0.497 e. The van der Waals surface area contributed by atoms with Gasteiger partial charge in [-0.25, -0.2) is 0 Å². The molecule has 0 unspecified atom stereocenters. The van der Waals surface area contributed by atoms with Gasteiger partial charge in [0.05, 0.1) is 7.11 Å². The molecule has 0 atom stereocenters. The fourth-order valence-electron chi connectivity index (χ4n) is 1.01. The van der Waals surface area contributed by atoms with E-state index in [-0.39, 0.29) is 11.4 Å². The lowest BCUT2D eigenvalue weighted by atomic mass is 10.3. The molecule has 0 aliphatic rings. The van der Waals surface area contributed by atoms with Crippen molar-refractivity contribution in [3.05, 3.63) is 23.7 Å². The van der Waals surface area contributed by atoms with E-state index in [0.717, 1.165) is 6.07 Å². The second-order valence-electron chi connectivity index (χ2n) is 2.57. The number of methoxy groups -OCH3 is 1. The van der Waals surface area contributed by atoms with Gasteiger partial charge in [0.2, 0.25) is 0 Å². The fraction of sp³-hybridized carbons (Fsp3) is 0.143. The molecule has 82 valence electrons. The molecule has 0 saturated carbocycles. The maximum atomic E-state index is 10.9. The summed E-state index contributed by atoms with van der Waals surface area (Å²) in [6, 6.07) is 3.91. The zero-order valence-corrected chi connectivity index (χ0v) is 8.58. The van der Waals surface area contributed by atoms with Crippen LogP contribution in [-0.2, 0) is 10.1 Å². The van der Waals surface area contributed by atoms with Crippen molar-refractivity contribution in [1.29, 1.82) is 0 Å². The van der Waals surface area contributed by atoms with E-state index in [4.69, 9.17) is 14.8 Å². The van der Waals surface area contributed by atoms with E-state index in [9.17, 15) is 8.42 Å². The van der Waals surface area contributed by atoms with Crippen molar-refractivity contribution >= 4 is 15.8 Å². The van der Waals surface area contributed by atoms with Crippen LogP contribution >= 0.6 is 0 Å². The Morgan fingerprint density at radius 2 is 2.20 bits per heavy atom.